The van der Waals surface area contributed by atoms with E-state index in [4.69, 9.17) is 0 Å². The van der Waals surface area contributed by atoms with E-state index in [0.29, 0.717) is 0 Å². The van der Waals surface area contributed by atoms with Crippen molar-refractivity contribution in [2.75, 3.05) is 0 Å². The van der Waals surface area contributed by atoms with E-state index in [1.807, 2.05) is 39.4 Å². The van der Waals surface area contributed by atoms with Crippen LogP contribution >= 0.6 is 0 Å². The molecule has 0 spiro atoms. The Balaban J connectivity index is 2.44. The van der Waals surface area contributed by atoms with E-state index >= 15 is 0 Å². The molecule has 0 unspecified atom stereocenters. The van der Waals surface area contributed by atoms with Crippen LogP contribution in [-0.4, -0.2) is 20.9 Å². The molecule has 1 heterocycles. The molecule has 4 nitrogen and oxygen atoms in total. The second kappa shape index (κ2) is 3.09. The lowest BCUT2D eigenvalue weighted by Crippen LogP contribution is -2.03. The van der Waals surface area contributed by atoms with Crippen molar-refractivity contribution in [3.63, 3.8) is 0 Å². The van der Waals surface area contributed by atoms with Crippen molar-refractivity contribution in [1.82, 2.24) is 9.78 Å². The highest BCUT2D eigenvalue weighted by Crippen LogP contribution is 2.65. The molecule has 88 valence electrons. The van der Waals surface area contributed by atoms with E-state index < -0.39 is 5.97 Å². The molecule has 2 atom stereocenters. The van der Waals surface area contributed by atoms with Crippen molar-refractivity contribution < 1.29 is 9.90 Å². The quantitative estimate of drug-likeness (QED) is 0.831. The first-order valence-electron chi connectivity index (χ1n) is 5.51. The van der Waals surface area contributed by atoms with Gasteiger partial charge in [0.05, 0.1) is 11.6 Å². The summed E-state index contributed by atoms with van der Waals surface area (Å²) in [4.78, 5) is 11.2. The third kappa shape index (κ3) is 1.29. The van der Waals surface area contributed by atoms with Crippen molar-refractivity contribution in [1.29, 1.82) is 0 Å². The summed E-state index contributed by atoms with van der Waals surface area (Å²) in [5.41, 5.74) is 3.02. The number of aromatic nitrogens is 2. The number of hydrogen-bond donors (Lipinski definition) is 1. The summed E-state index contributed by atoms with van der Waals surface area (Å²) < 4.78 is 1.83. The van der Waals surface area contributed by atoms with Gasteiger partial charge >= 0.3 is 5.97 Å². The van der Waals surface area contributed by atoms with Gasteiger partial charge in [0.25, 0.3) is 0 Å². The van der Waals surface area contributed by atoms with Gasteiger partial charge in [-0.3, -0.25) is 9.48 Å². The Morgan fingerprint density at radius 3 is 2.31 bits per heavy atom. The molecule has 0 radical (unpaired) electrons. The molecular weight excluding hydrogens is 204 g/mol. The van der Waals surface area contributed by atoms with Gasteiger partial charge in [-0.25, -0.2) is 0 Å². The van der Waals surface area contributed by atoms with Crippen molar-refractivity contribution in [2.24, 2.45) is 18.4 Å². The van der Waals surface area contributed by atoms with Crippen LogP contribution in [0, 0.1) is 25.2 Å². The zero-order valence-electron chi connectivity index (χ0n) is 10.4. The molecule has 1 aromatic heterocycles. The average Bonchev–Trinajstić information content (AvgIpc) is 2.59. The molecule has 1 aliphatic carbocycles. The fourth-order valence-electron chi connectivity index (χ4n) is 2.88. The van der Waals surface area contributed by atoms with Crippen molar-refractivity contribution in [2.45, 2.75) is 33.6 Å². The highest BCUT2D eigenvalue weighted by atomic mass is 16.4. The van der Waals surface area contributed by atoms with Crippen LogP contribution < -0.4 is 0 Å². The summed E-state index contributed by atoms with van der Waals surface area (Å²) in [7, 11) is 1.90. The normalized spacial score (nSPS) is 26.8. The molecule has 0 aliphatic heterocycles. The summed E-state index contributed by atoms with van der Waals surface area (Å²) in [6.45, 7) is 7.99. The molecule has 0 saturated heterocycles. The van der Waals surface area contributed by atoms with Crippen LogP contribution in [0.1, 0.15) is 36.7 Å². The molecular formula is C12H18N2O2. The standard InChI is InChI=1S/C12H18N2O2/c1-6-8(7(2)14(5)13-6)9-10(11(15)16)12(9,3)4/h9-10H,1-5H3,(H,15,16)/t9-,10+/m1/s1. The topological polar surface area (TPSA) is 55.1 Å². The first kappa shape index (κ1) is 11.2. The maximum absolute atomic E-state index is 11.2. The molecule has 4 heteroatoms. The summed E-state index contributed by atoms with van der Waals surface area (Å²) in [6.07, 6.45) is 0. The molecule has 1 aromatic rings. The lowest BCUT2D eigenvalue weighted by Gasteiger charge is -2.03. The van der Waals surface area contributed by atoms with Crippen LogP contribution in [0.3, 0.4) is 0 Å². The van der Waals surface area contributed by atoms with E-state index in [-0.39, 0.29) is 17.3 Å². The Labute approximate surface area is 95.3 Å². The lowest BCUT2D eigenvalue weighted by atomic mass is 10.0. The van der Waals surface area contributed by atoms with Crippen molar-refractivity contribution >= 4 is 5.97 Å². The number of hydrogen-bond acceptors (Lipinski definition) is 2. The number of nitrogens with zero attached hydrogens (tertiary/aromatic N) is 2. The van der Waals surface area contributed by atoms with Gasteiger partial charge in [-0.2, -0.15) is 5.10 Å². The Morgan fingerprint density at radius 1 is 1.44 bits per heavy atom. The average molecular weight is 222 g/mol. The molecule has 16 heavy (non-hydrogen) atoms. The van der Waals surface area contributed by atoms with E-state index in [0.717, 1.165) is 17.0 Å². The molecule has 1 N–H and O–H groups in total. The number of carboxylic acids is 1. The molecule has 1 fully saturated rings. The smallest absolute Gasteiger partial charge is 0.307 e. The molecule has 1 saturated carbocycles. The van der Waals surface area contributed by atoms with E-state index in [9.17, 15) is 9.90 Å². The minimum atomic E-state index is -0.697. The third-order valence-electron chi connectivity index (χ3n) is 3.97. The molecule has 1 aliphatic rings. The summed E-state index contributed by atoms with van der Waals surface area (Å²) in [5, 5.41) is 13.5. The van der Waals surface area contributed by atoms with Gasteiger partial charge in [-0.15, -0.1) is 0 Å². The van der Waals surface area contributed by atoms with Crippen LogP contribution in [0.15, 0.2) is 0 Å². The Morgan fingerprint density at radius 2 is 2.00 bits per heavy atom. The van der Waals surface area contributed by atoms with Gasteiger partial charge in [-0.05, 0) is 19.3 Å². The van der Waals surface area contributed by atoms with Crippen LogP contribution in [0.2, 0.25) is 0 Å². The van der Waals surface area contributed by atoms with Gasteiger partial charge in [0, 0.05) is 24.2 Å². The number of aryl methyl sites for hydroxylation is 2. The molecule has 0 bridgehead atoms. The Hall–Kier alpha value is -1.32. The maximum atomic E-state index is 11.2. The monoisotopic (exact) mass is 222 g/mol. The second-order valence-corrected chi connectivity index (χ2v) is 5.32. The summed E-state index contributed by atoms with van der Waals surface area (Å²) in [6, 6.07) is 0. The number of carboxylic acid groups (broad SMARTS) is 1. The van der Waals surface area contributed by atoms with E-state index in [2.05, 4.69) is 5.10 Å². The fraction of sp³-hybridized carbons (Fsp3) is 0.667. The van der Waals surface area contributed by atoms with Crippen LogP contribution in [0.4, 0.5) is 0 Å². The number of aliphatic carboxylic acids is 1. The lowest BCUT2D eigenvalue weighted by molar-refractivity contribution is -0.139. The fourth-order valence-corrected chi connectivity index (χ4v) is 2.88. The predicted octanol–water partition coefficient (Wildman–Crippen LogP) is 1.86. The highest BCUT2D eigenvalue weighted by molar-refractivity contribution is 5.78. The summed E-state index contributed by atoms with van der Waals surface area (Å²) >= 11 is 0. The molecule has 0 amide bonds. The highest BCUT2D eigenvalue weighted by Gasteiger charge is 2.63. The van der Waals surface area contributed by atoms with Crippen LogP contribution in [-0.2, 0) is 11.8 Å². The second-order valence-electron chi connectivity index (χ2n) is 5.32. The van der Waals surface area contributed by atoms with Crippen molar-refractivity contribution in [3.05, 3.63) is 17.0 Å². The Kier molecular flexibility index (Phi) is 2.16. The van der Waals surface area contributed by atoms with E-state index in [1.54, 1.807) is 0 Å². The van der Waals surface area contributed by atoms with Gasteiger partial charge in [-0.1, -0.05) is 13.8 Å². The minimum absolute atomic E-state index is 0.110. The Bertz CT molecular complexity index is 460. The zero-order valence-corrected chi connectivity index (χ0v) is 10.4. The minimum Gasteiger partial charge on any atom is -0.481 e. The predicted molar refractivity (Wildman–Crippen MR) is 60.3 cm³/mol. The molecule has 0 aromatic carbocycles. The van der Waals surface area contributed by atoms with Crippen molar-refractivity contribution in [3.8, 4) is 0 Å². The first-order valence-corrected chi connectivity index (χ1v) is 5.51. The molecule has 2 rings (SSSR count). The number of rotatable bonds is 2. The van der Waals surface area contributed by atoms with Gasteiger partial charge in [0.1, 0.15) is 0 Å². The largest absolute Gasteiger partial charge is 0.481 e. The van der Waals surface area contributed by atoms with Gasteiger partial charge < -0.3 is 5.11 Å². The third-order valence-corrected chi connectivity index (χ3v) is 3.97. The van der Waals surface area contributed by atoms with Gasteiger partial charge in [0.15, 0.2) is 0 Å². The van der Waals surface area contributed by atoms with Crippen LogP contribution in [0.25, 0.3) is 0 Å². The van der Waals surface area contributed by atoms with Crippen LogP contribution in [0.5, 0.6) is 0 Å². The first-order chi connectivity index (χ1) is 7.28. The SMILES string of the molecule is Cc1nn(C)c(C)c1[C@@H]1[C@@H](C(=O)O)C1(C)C. The van der Waals surface area contributed by atoms with Gasteiger partial charge in [0.2, 0.25) is 0 Å². The summed E-state index contributed by atoms with van der Waals surface area (Å²) in [5.74, 6) is -0.856. The number of carbonyl (C=O) groups is 1. The maximum Gasteiger partial charge on any atom is 0.307 e. The zero-order chi connectivity index (χ0) is 12.2. The van der Waals surface area contributed by atoms with E-state index in [1.165, 1.54) is 0 Å².